The van der Waals surface area contributed by atoms with Crippen LogP contribution in [0.5, 0.6) is 11.5 Å². The van der Waals surface area contributed by atoms with Crippen molar-refractivity contribution in [1.82, 2.24) is 10.3 Å². The van der Waals surface area contributed by atoms with Crippen LogP contribution in [0.4, 0.5) is 4.39 Å². The Morgan fingerprint density at radius 1 is 1.21 bits per heavy atom. The van der Waals surface area contributed by atoms with Gasteiger partial charge in [-0.2, -0.15) is 0 Å². The van der Waals surface area contributed by atoms with Crippen molar-refractivity contribution in [3.05, 3.63) is 64.9 Å². The minimum absolute atomic E-state index is 0.126. The zero-order chi connectivity index (χ0) is 19.5. The number of ether oxygens (including phenoxy) is 2. The Hall–Kier alpha value is -2.93. The number of aromatic nitrogens is 1. The first-order chi connectivity index (χ1) is 13.6. The van der Waals surface area contributed by atoms with Gasteiger partial charge in [0.05, 0.1) is 18.2 Å². The van der Waals surface area contributed by atoms with Crippen LogP contribution in [-0.2, 0) is 11.2 Å². The second-order valence-electron chi connectivity index (χ2n) is 6.52. The Kier molecular flexibility index (Phi) is 5.25. The van der Waals surface area contributed by atoms with Gasteiger partial charge in [-0.25, -0.2) is 9.37 Å². The third kappa shape index (κ3) is 4.14. The number of carbonyl (C=O) groups excluding carboxylic acids is 1. The lowest BCUT2D eigenvalue weighted by Crippen LogP contribution is -2.28. The van der Waals surface area contributed by atoms with Gasteiger partial charge in [-0.3, -0.25) is 4.79 Å². The van der Waals surface area contributed by atoms with Gasteiger partial charge in [0.15, 0.2) is 11.5 Å². The summed E-state index contributed by atoms with van der Waals surface area (Å²) in [6, 6.07) is 11.8. The summed E-state index contributed by atoms with van der Waals surface area (Å²) >= 11 is 1.40. The molecule has 1 amide bonds. The van der Waals surface area contributed by atoms with Crippen molar-refractivity contribution >= 4 is 17.2 Å². The van der Waals surface area contributed by atoms with Crippen LogP contribution in [0.25, 0.3) is 10.6 Å². The predicted octanol–water partition coefficient (Wildman–Crippen LogP) is 4.14. The highest BCUT2D eigenvalue weighted by molar-refractivity contribution is 7.13. The molecule has 0 radical (unpaired) electrons. The fraction of sp³-hybridized carbons (Fsp3) is 0.238. The number of nitrogens with zero attached hydrogens (tertiary/aromatic N) is 1. The second-order valence-corrected chi connectivity index (χ2v) is 7.38. The van der Waals surface area contributed by atoms with Crippen LogP contribution < -0.4 is 14.8 Å². The highest BCUT2D eigenvalue weighted by Gasteiger charge is 2.17. The highest BCUT2D eigenvalue weighted by Crippen LogP contribution is 2.32. The van der Waals surface area contributed by atoms with E-state index in [1.54, 1.807) is 12.1 Å². The first-order valence-electron chi connectivity index (χ1n) is 8.98. The maximum absolute atomic E-state index is 13.4. The largest absolute Gasteiger partial charge is 0.486 e. The number of fused-ring (bicyclic) bond motifs is 1. The van der Waals surface area contributed by atoms with E-state index in [2.05, 4.69) is 10.3 Å². The Balaban J connectivity index is 1.39. The summed E-state index contributed by atoms with van der Waals surface area (Å²) in [6.07, 6.45) is 0.167. The monoisotopic (exact) mass is 398 g/mol. The van der Waals surface area contributed by atoms with Crippen molar-refractivity contribution in [2.75, 3.05) is 13.2 Å². The van der Waals surface area contributed by atoms with Crippen molar-refractivity contribution < 1.29 is 18.7 Å². The van der Waals surface area contributed by atoms with Crippen molar-refractivity contribution in [2.24, 2.45) is 0 Å². The average Bonchev–Trinajstić information content (AvgIpc) is 3.16. The first kappa shape index (κ1) is 18.4. The molecule has 1 aliphatic rings. The van der Waals surface area contributed by atoms with Gasteiger partial charge < -0.3 is 14.8 Å². The molecular weight excluding hydrogens is 379 g/mol. The molecule has 2 aromatic carbocycles. The molecule has 0 bridgehead atoms. The Morgan fingerprint density at radius 2 is 2.04 bits per heavy atom. The molecule has 5 nitrogen and oxygen atoms in total. The number of benzene rings is 2. The minimum atomic E-state index is -0.305. The van der Waals surface area contributed by atoms with Gasteiger partial charge in [0.25, 0.3) is 0 Å². The molecule has 1 aromatic heterocycles. The molecule has 144 valence electrons. The van der Waals surface area contributed by atoms with Crippen LogP contribution in [0.1, 0.15) is 24.2 Å². The molecule has 1 atom stereocenters. The van der Waals surface area contributed by atoms with Crippen LogP contribution in [0.2, 0.25) is 0 Å². The fourth-order valence-electron chi connectivity index (χ4n) is 3.01. The molecule has 28 heavy (non-hydrogen) atoms. The second kappa shape index (κ2) is 7.98. The number of halogens is 1. The minimum Gasteiger partial charge on any atom is -0.486 e. The van der Waals surface area contributed by atoms with Gasteiger partial charge >= 0.3 is 0 Å². The van der Waals surface area contributed by atoms with Gasteiger partial charge in [0.2, 0.25) is 5.91 Å². The first-order valence-corrected chi connectivity index (χ1v) is 9.86. The summed E-state index contributed by atoms with van der Waals surface area (Å²) in [4.78, 5) is 16.9. The summed E-state index contributed by atoms with van der Waals surface area (Å²) in [5.41, 5.74) is 2.31. The van der Waals surface area contributed by atoms with Crippen LogP contribution in [-0.4, -0.2) is 24.1 Å². The van der Waals surface area contributed by atoms with E-state index >= 15 is 0 Å². The molecule has 0 saturated heterocycles. The molecule has 1 unspecified atom stereocenters. The van der Waals surface area contributed by atoms with Crippen LogP contribution in [0.15, 0.2) is 47.8 Å². The molecule has 1 aliphatic heterocycles. The summed E-state index contributed by atoms with van der Waals surface area (Å²) in [5.74, 6) is 0.990. The third-order valence-electron chi connectivity index (χ3n) is 4.41. The Labute approximate surface area is 166 Å². The van der Waals surface area contributed by atoms with Crippen molar-refractivity contribution in [2.45, 2.75) is 19.4 Å². The van der Waals surface area contributed by atoms with E-state index in [-0.39, 0.29) is 24.2 Å². The van der Waals surface area contributed by atoms with Crippen LogP contribution in [0.3, 0.4) is 0 Å². The smallest absolute Gasteiger partial charge is 0.226 e. The summed E-state index contributed by atoms with van der Waals surface area (Å²) in [7, 11) is 0. The number of amides is 1. The predicted molar refractivity (Wildman–Crippen MR) is 105 cm³/mol. The fourth-order valence-corrected chi connectivity index (χ4v) is 3.83. The summed E-state index contributed by atoms with van der Waals surface area (Å²) in [5, 5.41) is 5.50. The van der Waals surface area contributed by atoms with E-state index in [1.807, 2.05) is 30.5 Å². The Bertz CT molecular complexity index is 1000. The van der Waals surface area contributed by atoms with Gasteiger partial charge in [-0.05, 0) is 36.8 Å². The maximum atomic E-state index is 13.4. The van der Waals surface area contributed by atoms with Gasteiger partial charge in [0, 0.05) is 10.9 Å². The summed E-state index contributed by atoms with van der Waals surface area (Å²) in [6.45, 7) is 2.99. The van der Waals surface area contributed by atoms with Crippen LogP contribution in [0, 0.1) is 5.82 Å². The Morgan fingerprint density at radius 3 is 2.86 bits per heavy atom. The maximum Gasteiger partial charge on any atom is 0.226 e. The van der Waals surface area contributed by atoms with Crippen molar-refractivity contribution in [3.8, 4) is 22.1 Å². The zero-order valence-corrected chi connectivity index (χ0v) is 16.1. The highest BCUT2D eigenvalue weighted by atomic mass is 32.1. The number of thiazole rings is 1. The van der Waals surface area contributed by atoms with Gasteiger partial charge in [-0.1, -0.05) is 18.2 Å². The third-order valence-corrected chi connectivity index (χ3v) is 5.35. The molecule has 0 fully saturated rings. The molecule has 2 heterocycles. The molecular formula is C21H19FN2O3S. The van der Waals surface area contributed by atoms with E-state index in [0.717, 1.165) is 11.3 Å². The number of nitrogens with one attached hydrogen (secondary N) is 1. The van der Waals surface area contributed by atoms with E-state index in [4.69, 9.17) is 9.47 Å². The number of hydrogen-bond acceptors (Lipinski definition) is 5. The topological polar surface area (TPSA) is 60.5 Å². The number of carbonyl (C=O) groups is 1. The SMILES string of the molecule is CC(NC(=O)Cc1csc(-c2cccc(F)c2)n1)c1ccc2c(c1)OCCO2. The molecule has 0 aliphatic carbocycles. The molecule has 7 heteroatoms. The standard InChI is InChI=1S/C21H19FN2O3S/c1-13(14-5-6-18-19(10-14)27-8-7-26-18)23-20(25)11-17-12-28-21(24-17)15-3-2-4-16(22)9-15/h2-6,9-10,12-13H,7-8,11H2,1H3,(H,23,25). The number of hydrogen-bond donors (Lipinski definition) is 1. The average molecular weight is 398 g/mol. The lowest BCUT2D eigenvalue weighted by Gasteiger charge is -2.21. The molecule has 4 rings (SSSR count). The van der Waals surface area contributed by atoms with Crippen molar-refractivity contribution in [1.29, 1.82) is 0 Å². The van der Waals surface area contributed by atoms with E-state index < -0.39 is 0 Å². The summed E-state index contributed by atoms with van der Waals surface area (Å²) < 4.78 is 24.5. The molecule has 1 N–H and O–H groups in total. The normalized spacial score (nSPS) is 13.8. The van der Waals surface area contributed by atoms with E-state index in [0.29, 0.717) is 35.2 Å². The zero-order valence-electron chi connectivity index (χ0n) is 15.3. The van der Waals surface area contributed by atoms with E-state index in [9.17, 15) is 9.18 Å². The lowest BCUT2D eigenvalue weighted by atomic mass is 10.1. The van der Waals surface area contributed by atoms with Crippen molar-refractivity contribution in [3.63, 3.8) is 0 Å². The van der Waals surface area contributed by atoms with E-state index in [1.165, 1.54) is 23.5 Å². The molecule has 0 spiro atoms. The molecule has 3 aromatic rings. The lowest BCUT2D eigenvalue weighted by molar-refractivity contribution is -0.121. The van der Waals surface area contributed by atoms with Crippen LogP contribution >= 0.6 is 11.3 Å². The molecule has 0 saturated carbocycles. The quantitative estimate of drug-likeness (QED) is 0.702. The van der Waals surface area contributed by atoms with Gasteiger partial charge in [-0.15, -0.1) is 11.3 Å². The van der Waals surface area contributed by atoms with Gasteiger partial charge in [0.1, 0.15) is 24.0 Å². The number of rotatable bonds is 5.